The second kappa shape index (κ2) is 6.35. The Kier molecular flexibility index (Phi) is 3.82. The zero-order valence-corrected chi connectivity index (χ0v) is 15.3. The number of aromatic nitrogens is 5. The number of hydrogen-bond donors (Lipinski definition) is 2. The minimum Gasteiger partial charge on any atom is -0.366 e. The summed E-state index contributed by atoms with van der Waals surface area (Å²) in [5.74, 6) is 0.879. The van der Waals surface area contributed by atoms with E-state index in [0.717, 1.165) is 59.3 Å². The van der Waals surface area contributed by atoms with Crippen molar-refractivity contribution in [2.75, 3.05) is 5.32 Å². The van der Waals surface area contributed by atoms with Crippen LogP contribution in [0.15, 0.2) is 42.7 Å². The van der Waals surface area contributed by atoms with E-state index in [9.17, 15) is 0 Å². The van der Waals surface area contributed by atoms with Crippen molar-refractivity contribution in [1.29, 1.82) is 0 Å². The molecule has 7 nitrogen and oxygen atoms in total. The number of nitrogens with two attached hydrogens (primary N) is 1. The summed E-state index contributed by atoms with van der Waals surface area (Å²) in [7, 11) is 1.96. The fourth-order valence-corrected chi connectivity index (χ4v) is 3.92. The van der Waals surface area contributed by atoms with Crippen molar-refractivity contribution in [2.45, 2.75) is 37.8 Å². The van der Waals surface area contributed by atoms with E-state index in [4.69, 9.17) is 10.8 Å². The van der Waals surface area contributed by atoms with E-state index in [-0.39, 0.29) is 0 Å². The minimum atomic E-state index is 0.348. The summed E-state index contributed by atoms with van der Waals surface area (Å²) in [5, 5.41) is 13.8. The topological polar surface area (TPSA) is 86.1 Å². The van der Waals surface area contributed by atoms with E-state index < -0.39 is 0 Å². The molecule has 27 heavy (non-hydrogen) atoms. The molecule has 0 aliphatic heterocycles. The molecule has 1 aliphatic rings. The summed E-state index contributed by atoms with van der Waals surface area (Å²) in [6.07, 6.45) is 8.08. The molecule has 0 amide bonds. The highest BCUT2D eigenvalue weighted by Crippen LogP contribution is 2.26. The molecular formula is C20H23N7. The highest BCUT2D eigenvalue weighted by molar-refractivity contribution is 5.84. The third-order valence-corrected chi connectivity index (χ3v) is 5.53. The van der Waals surface area contributed by atoms with Gasteiger partial charge in [-0.1, -0.05) is 12.1 Å². The van der Waals surface area contributed by atoms with E-state index in [2.05, 4.69) is 33.6 Å². The predicted octanol–water partition coefficient (Wildman–Crippen LogP) is 2.96. The average Bonchev–Trinajstić information content (AvgIpc) is 3.27. The Balaban J connectivity index is 1.50. The maximum atomic E-state index is 6.02. The number of nitrogens with zero attached hydrogens (tertiary/aromatic N) is 5. The normalized spacial score (nSPS) is 20.4. The maximum Gasteiger partial charge on any atom is 0.154 e. The molecule has 3 aromatic heterocycles. The first-order chi connectivity index (χ1) is 13.2. The van der Waals surface area contributed by atoms with Gasteiger partial charge in [0.1, 0.15) is 5.82 Å². The molecule has 7 heteroatoms. The lowest BCUT2D eigenvalue weighted by molar-refractivity contribution is 0.410. The number of aryl methyl sites for hydroxylation is 1. The van der Waals surface area contributed by atoms with Crippen LogP contribution < -0.4 is 11.1 Å². The highest BCUT2D eigenvalue weighted by atomic mass is 15.3. The molecule has 0 radical (unpaired) electrons. The second-order valence-electron chi connectivity index (χ2n) is 7.43. The molecule has 0 saturated heterocycles. The zero-order valence-electron chi connectivity index (χ0n) is 15.3. The number of imidazole rings is 1. The SMILES string of the molecule is Cn1ncc2ccc(-c3cnc4ccc(NC5CCC(N)CC5)nn34)cc21. The van der Waals surface area contributed by atoms with Crippen molar-refractivity contribution < 1.29 is 0 Å². The van der Waals surface area contributed by atoms with E-state index >= 15 is 0 Å². The maximum absolute atomic E-state index is 6.02. The Bertz CT molecular complexity index is 1100. The molecule has 1 aliphatic carbocycles. The monoisotopic (exact) mass is 361 g/mol. The van der Waals surface area contributed by atoms with Crippen molar-refractivity contribution >= 4 is 22.4 Å². The first-order valence-corrected chi connectivity index (χ1v) is 9.46. The average molecular weight is 361 g/mol. The lowest BCUT2D eigenvalue weighted by atomic mass is 9.92. The summed E-state index contributed by atoms with van der Waals surface area (Å²) in [4.78, 5) is 4.52. The van der Waals surface area contributed by atoms with Crippen LogP contribution in [-0.2, 0) is 7.05 Å². The molecule has 0 bridgehead atoms. The summed E-state index contributed by atoms with van der Waals surface area (Å²) < 4.78 is 3.80. The summed E-state index contributed by atoms with van der Waals surface area (Å²) in [6, 6.07) is 11.1. The van der Waals surface area contributed by atoms with Gasteiger partial charge in [-0.3, -0.25) is 4.68 Å². The zero-order chi connectivity index (χ0) is 18.4. The largest absolute Gasteiger partial charge is 0.366 e. The number of fused-ring (bicyclic) bond motifs is 2. The van der Waals surface area contributed by atoms with E-state index in [1.54, 1.807) is 0 Å². The van der Waals surface area contributed by atoms with Crippen molar-refractivity contribution in [3.05, 3.63) is 42.7 Å². The van der Waals surface area contributed by atoms with Gasteiger partial charge in [0.25, 0.3) is 0 Å². The van der Waals surface area contributed by atoms with Crippen LogP contribution in [0.3, 0.4) is 0 Å². The summed E-state index contributed by atoms with van der Waals surface area (Å²) >= 11 is 0. The van der Waals surface area contributed by atoms with Crippen LogP contribution in [0.5, 0.6) is 0 Å². The smallest absolute Gasteiger partial charge is 0.154 e. The van der Waals surface area contributed by atoms with Gasteiger partial charge in [0.2, 0.25) is 0 Å². The van der Waals surface area contributed by atoms with Gasteiger partial charge in [-0.25, -0.2) is 9.50 Å². The van der Waals surface area contributed by atoms with Gasteiger partial charge in [-0.15, -0.1) is 5.10 Å². The highest BCUT2D eigenvalue weighted by Gasteiger charge is 2.19. The van der Waals surface area contributed by atoms with Crippen LogP contribution in [0.2, 0.25) is 0 Å². The molecular weight excluding hydrogens is 338 g/mol. The molecule has 5 rings (SSSR count). The molecule has 0 unspecified atom stereocenters. The van der Waals surface area contributed by atoms with E-state index in [1.807, 2.05) is 40.8 Å². The van der Waals surface area contributed by atoms with Gasteiger partial charge in [0, 0.05) is 30.1 Å². The lowest BCUT2D eigenvalue weighted by Gasteiger charge is -2.27. The van der Waals surface area contributed by atoms with Crippen LogP contribution in [0.25, 0.3) is 27.8 Å². The molecule has 3 N–H and O–H groups in total. The standard InChI is InChI=1S/C20H23N7/c1-26-17-10-13(2-3-14(17)11-23-26)18-12-22-20-9-8-19(25-27(18)20)24-16-6-4-15(21)5-7-16/h2-3,8-12,15-16H,4-7,21H2,1H3,(H,24,25). The number of anilines is 1. The Morgan fingerprint density at radius 1 is 1.07 bits per heavy atom. The Hall–Kier alpha value is -2.93. The van der Waals surface area contributed by atoms with Crippen molar-refractivity contribution in [1.82, 2.24) is 24.4 Å². The molecule has 4 aromatic rings. The van der Waals surface area contributed by atoms with Crippen LogP contribution in [0.1, 0.15) is 25.7 Å². The minimum absolute atomic E-state index is 0.348. The fourth-order valence-electron chi connectivity index (χ4n) is 3.92. The van der Waals surface area contributed by atoms with Crippen molar-refractivity contribution in [3.63, 3.8) is 0 Å². The lowest BCUT2D eigenvalue weighted by Crippen LogP contribution is -2.33. The summed E-state index contributed by atoms with van der Waals surface area (Å²) in [5.41, 5.74) is 10.00. The number of hydrogen-bond acceptors (Lipinski definition) is 5. The van der Waals surface area contributed by atoms with Crippen molar-refractivity contribution in [3.8, 4) is 11.3 Å². The van der Waals surface area contributed by atoms with Crippen LogP contribution >= 0.6 is 0 Å². The first-order valence-electron chi connectivity index (χ1n) is 9.46. The van der Waals surface area contributed by atoms with Gasteiger partial charge in [-0.05, 0) is 43.9 Å². The molecule has 138 valence electrons. The van der Waals surface area contributed by atoms with Crippen LogP contribution in [0.4, 0.5) is 5.82 Å². The Labute approximate surface area is 157 Å². The van der Waals surface area contributed by atoms with Gasteiger partial charge < -0.3 is 11.1 Å². The third kappa shape index (κ3) is 2.94. The molecule has 1 aromatic carbocycles. The number of nitrogens with one attached hydrogen (secondary N) is 1. The predicted molar refractivity (Wildman–Crippen MR) is 107 cm³/mol. The van der Waals surface area contributed by atoms with Crippen LogP contribution in [0, 0.1) is 0 Å². The van der Waals surface area contributed by atoms with Gasteiger partial charge in [0.05, 0.1) is 23.6 Å². The van der Waals surface area contributed by atoms with E-state index in [0.29, 0.717) is 12.1 Å². The van der Waals surface area contributed by atoms with E-state index in [1.165, 1.54) is 0 Å². The molecule has 1 fully saturated rings. The van der Waals surface area contributed by atoms with Crippen molar-refractivity contribution in [2.24, 2.45) is 12.8 Å². The quantitative estimate of drug-likeness (QED) is 0.586. The Morgan fingerprint density at radius 2 is 1.93 bits per heavy atom. The first kappa shape index (κ1) is 16.3. The number of rotatable bonds is 3. The van der Waals surface area contributed by atoms with Gasteiger partial charge in [-0.2, -0.15) is 5.10 Å². The molecule has 1 saturated carbocycles. The number of benzene rings is 1. The van der Waals surface area contributed by atoms with Crippen LogP contribution in [-0.4, -0.2) is 36.5 Å². The Morgan fingerprint density at radius 3 is 2.78 bits per heavy atom. The third-order valence-electron chi connectivity index (χ3n) is 5.53. The van der Waals surface area contributed by atoms with Gasteiger partial charge >= 0.3 is 0 Å². The molecule has 3 heterocycles. The molecule has 0 atom stereocenters. The fraction of sp³-hybridized carbons (Fsp3) is 0.350. The summed E-state index contributed by atoms with van der Waals surface area (Å²) in [6.45, 7) is 0. The van der Waals surface area contributed by atoms with Gasteiger partial charge in [0.15, 0.2) is 5.65 Å². The molecule has 0 spiro atoms. The second-order valence-corrected chi connectivity index (χ2v) is 7.43.